The first-order chi connectivity index (χ1) is 21.7. The van der Waals surface area contributed by atoms with Crippen LogP contribution in [-0.4, -0.2) is 78.3 Å². The van der Waals surface area contributed by atoms with E-state index >= 15 is 0 Å². The molecule has 0 radical (unpaired) electrons. The summed E-state index contributed by atoms with van der Waals surface area (Å²) in [6.07, 6.45) is 2.66. The minimum atomic E-state index is -0.433. The van der Waals surface area contributed by atoms with Gasteiger partial charge in [-0.25, -0.2) is 0 Å². The topological polar surface area (TPSA) is 91.3 Å². The minimum absolute atomic E-state index is 0.0128. The van der Waals surface area contributed by atoms with Crippen LogP contribution in [0.3, 0.4) is 0 Å². The van der Waals surface area contributed by atoms with E-state index in [0.717, 1.165) is 31.4 Å². The van der Waals surface area contributed by atoms with Crippen molar-refractivity contribution in [1.29, 1.82) is 0 Å². The number of hydrogen-bond donors (Lipinski definition) is 2. The molecule has 1 aliphatic heterocycles. The van der Waals surface area contributed by atoms with E-state index in [1.165, 1.54) is 5.56 Å². The number of aliphatic hydroxyl groups excluding tert-OH is 1. The molecule has 0 spiro atoms. The third kappa shape index (κ3) is 10.4. The molecule has 0 fully saturated rings. The number of benzene rings is 3. The summed E-state index contributed by atoms with van der Waals surface area (Å²) in [5.41, 5.74) is 3.03. The number of aliphatic hydroxyl groups is 1. The summed E-state index contributed by atoms with van der Waals surface area (Å²) in [7, 11) is 2.09. The summed E-state index contributed by atoms with van der Waals surface area (Å²) in [4.78, 5) is 31.2. The lowest BCUT2D eigenvalue weighted by Crippen LogP contribution is -2.47. The molecular formula is C37H49N3O5. The van der Waals surface area contributed by atoms with Crippen molar-refractivity contribution >= 4 is 17.5 Å². The number of nitrogens with zero attached hydrogens (tertiary/aromatic N) is 2. The van der Waals surface area contributed by atoms with Crippen molar-refractivity contribution in [2.75, 3.05) is 38.7 Å². The van der Waals surface area contributed by atoms with E-state index in [-0.39, 0.29) is 43.0 Å². The van der Waals surface area contributed by atoms with E-state index < -0.39 is 6.04 Å². The molecule has 3 aromatic carbocycles. The number of carbonyl (C=O) groups is 2. The second-order valence-corrected chi connectivity index (χ2v) is 12.4. The molecule has 8 nitrogen and oxygen atoms in total. The normalized spacial score (nSPS) is 20.5. The number of nitrogens with one attached hydrogen (secondary N) is 1. The van der Waals surface area contributed by atoms with Gasteiger partial charge in [0.1, 0.15) is 5.75 Å². The monoisotopic (exact) mass is 615 g/mol. The van der Waals surface area contributed by atoms with E-state index in [4.69, 9.17) is 9.47 Å². The van der Waals surface area contributed by atoms with Crippen molar-refractivity contribution in [1.82, 2.24) is 9.80 Å². The van der Waals surface area contributed by atoms with Gasteiger partial charge in [0.2, 0.25) is 5.91 Å². The van der Waals surface area contributed by atoms with Gasteiger partial charge in [-0.2, -0.15) is 0 Å². The maximum Gasteiger partial charge on any atom is 0.258 e. The van der Waals surface area contributed by atoms with Gasteiger partial charge in [0, 0.05) is 37.8 Å². The van der Waals surface area contributed by atoms with Crippen LogP contribution in [0.5, 0.6) is 5.75 Å². The average Bonchev–Trinajstić information content (AvgIpc) is 3.03. The lowest BCUT2D eigenvalue weighted by atomic mass is 10.0. The van der Waals surface area contributed by atoms with E-state index in [9.17, 15) is 14.7 Å². The first kappa shape index (κ1) is 34.2. The quantitative estimate of drug-likeness (QED) is 0.317. The van der Waals surface area contributed by atoms with E-state index in [2.05, 4.69) is 36.3 Å². The molecule has 0 saturated carbocycles. The Kier molecular flexibility index (Phi) is 13.0. The summed E-state index contributed by atoms with van der Waals surface area (Å²) in [6.45, 7) is 8.31. The van der Waals surface area contributed by atoms with Gasteiger partial charge in [0.05, 0.1) is 36.8 Å². The Balaban J connectivity index is 1.59. The molecule has 0 bridgehead atoms. The molecule has 4 rings (SSSR count). The van der Waals surface area contributed by atoms with Gasteiger partial charge in [-0.15, -0.1) is 0 Å². The molecule has 1 heterocycles. The van der Waals surface area contributed by atoms with Crippen molar-refractivity contribution in [3.8, 4) is 5.75 Å². The van der Waals surface area contributed by atoms with Crippen LogP contribution < -0.4 is 10.1 Å². The molecule has 2 amide bonds. The molecule has 2 N–H and O–H groups in total. The lowest BCUT2D eigenvalue weighted by molar-refractivity contribution is -0.115. The average molecular weight is 616 g/mol. The van der Waals surface area contributed by atoms with Crippen LogP contribution in [0, 0.1) is 5.92 Å². The molecule has 8 heteroatoms. The highest BCUT2D eigenvalue weighted by Crippen LogP contribution is 2.28. The van der Waals surface area contributed by atoms with Crippen LogP contribution >= 0.6 is 0 Å². The van der Waals surface area contributed by atoms with Crippen LogP contribution in [0.25, 0.3) is 0 Å². The number of rotatable bonds is 9. The van der Waals surface area contributed by atoms with Crippen LogP contribution in [0.4, 0.5) is 5.69 Å². The summed E-state index contributed by atoms with van der Waals surface area (Å²) in [6, 6.07) is 24.7. The number of likely N-dealkylation sites (N-methyl/N-ethyl adjacent to an activating group) is 1. The number of fused-ring (bicyclic) bond motifs is 1. The van der Waals surface area contributed by atoms with Crippen LogP contribution in [0.15, 0.2) is 78.9 Å². The number of amides is 2. The van der Waals surface area contributed by atoms with Crippen molar-refractivity contribution in [3.63, 3.8) is 0 Å². The van der Waals surface area contributed by atoms with Gasteiger partial charge in [-0.05, 0) is 69.5 Å². The Morgan fingerprint density at radius 3 is 2.40 bits per heavy atom. The molecule has 0 aliphatic carbocycles. The zero-order chi connectivity index (χ0) is 32.2. The predicted molar refractivity (Wildman–Crippen MR) is 178 cm³/mol. The Hall–Kier alpha value is -3.72. The fourth-order valence-corrected chi connectivity index (χ4v) is 5.72. The van der Waals surface area contributed by atoms with Crippen LogP contribution in [0.1, 0.15) is 61.5 Å². The summed E-state index contributed by atoms with van der Waals surface area (Å²) in [5.74, 6) is 0.0424. The zero-order valence-electron chi connectivity index (χ0n) is 27.2. The fraction of sp³-hybridized carbons (Fsp3) is 0.459. The van der Waals surface area contributed by atoms with Crippen LogP contribution in [0.2, 0.25) is 0 Å². The highest BCUT2D eigenvalue weighted by molar-refractivity contribution is 6.00. The van der Waals surface area contributed by atoms with Gasteiger partial charge in [-0.1, -0.05) is 67.6 Å². The summed E-state index contributed by atoms with van der Waals surface area (Å²) >= 11 is 0. The number of ether oxygens (including phenoxy) is 2. The van der Waals surface area contributed by atoms with Crippen LogP contribution in [-0.2, 0) is 22.5 Å². The zero-order valence-corrected chi connectivity index (χ0v) is 27.2. The fourth-order valence-electron chi connectivity index (χ4n) is 5.72. The summed E-state index contributed by atoms with van der Waals surface area (Å²) in [5, 5.41) is 13.2. The standard InChI is InChI=1S/C37H49N3O5/c1-27-23-40(28(2)26-41)37(43)33-22-32(38-36(42)21-30-14-7-5-8-15-30)18-19-34(33)45-29(3)13-11-12-20-44-35(27)25-39(4)24-31-16-9-6-10-17-31/h5-10,14-19,22,27-29,35,41H,11-13,20-21,23-26H2,1-4H3,(H,38,42)/t27-,28+,29-,35+/m1/s1. The van der Waals surface area contributed by atoms with Crippen molar-refractivity contribution in [3.05, 3.63) is 95.6 Å². The number of hydrogen-bond acceptors (Lipinski definition) is 6. The van der Waals surface area contributed by atoms with Gasteiger partial charge in [-0.3, -0.25) is 14.5 Å². The van der Waals surface area contributed by atoms with E-state index in [0.29, 0.717) is 36.7 Å². The predicted octanol–water partition coefficient (Wildman–Crippen LogP) is 5.80. The maximum absolute atomic E-state index is 14.3. The minimum Gasteiger partial charge on any atom is -0.490 e. The first-order valence-electron chi connectivity index (χ1n) is 16.1. The van der Waals surface area contributed by atoms with E-state index in [1.54, 1.807) is 23.1 Å². The molecule has 3 aromatic rings. The van der Waals surface area contributed by atoms with Crippen molar-refractivity contribution < 1.29 is 24.2 Å². The SMILES string of the molecule is C[C@@H]1CCCCO[C@@H](CN(C)Cc2ccccc2)[C@H](C)CN([C@@H](C)CO)C(=O)c2cc(NC(=O)Cc3ccccc3)ccc2O1. The number of anilines is 1. The largest absolute Gasteiger partial charge is 0.490 e. The highest BCUT2D eigenvalue weighted by atomic mass is 16.5. The van der Waals surface area contributed by atoms with Crippen molar-refractivity contribution in [2.24, 2.45) is 5.92 Å². The molecule has 45 heavy (non-hydrogen) atoms. The van der Waals surface area contributed by atoms with Gasteiger partial charge in [0.15, 0.2) is 0 Å². The Bertz CT molecular complexity index is 1350. The summed E-state index contributed by atoms with van der Waals surface area (Å²) < 4.78 is 12.8. The second-order valence-electron chi connectivity index (χ2n) is 12.4. The van der Waals surface area contributed by atoms with E-state index in [1.807, 2.05) is 62.4 Å². The first-order valence-corrected chi connectivity index (χ1v) is 16.1. The second kappa shape index (κ2) is 17.1. The third-order valence-corrected chi connectivity index (χ3v) is 8.33. The number of carbonyl (C=O) groups excluding carboxylic acids is 2. The Morgan fingerprint density at radius 2 is 1.71 bits per heavy atom. The molecule has 1 aliphatic rings. The van der Waals surface area contributed by atoms with Gasteiger partial charge >= 0.3 is 0 Å². The molecular weight excluding hydrogens is 566 g/mol. The van der Waals surface area contributed by atoms with Gasteiger partial charge < -0.3 is 24.8 Å². The molecule has 0 unspecified atom stereocenters. The van der Waals surface area contributed by atoms with Gasteiger partial charge in [0.25, 0.3) is 5.91 Å². The lowest BCUT2D eigenvalue weighted by Gasteiger charge is -2.36. The molecule has 4 atom stereocenters. The Labute approximate surface area is 268 Å². The van der Waals surface area contributed by atoms with Crippen molar-refractivity contribution in [2.45, 2.75) is 71.2 Å². The Morgan fingerprint density at radius 1 is 1.02 bits per heavy atom. The molecule has 242 valence electrons. The smallest absolute Gasteiger partial charge is 0.258 e. The third-order valence-electron chi connectivity index (χ3n) is 8.33. The maximum atomic E-state index is 14.3. The highest BCUT2D eigenvalue weighted by Gasteiger charge is 2.30. The molecule has 0 saturated heterocycles. The molecule has 0 aromatic heterocycles.